The maximum absolute atomic E-state index is 13.0. The van der Waals surface area contributed by atoms with E-state index in [1.165, 1.54) is 5.56 Å². The highest BCUT2D eigenvalue weighted by atomic mass is 79.9. The first-order chi connectivity index (χ1) is 12.6. The van der Waals surface area contributed by atoms with Crippen molar-refractivity contribution in [3.8, 4) is 5.75 Å². The third kappa shape index (κ3) is 2.45. The molecule has 1 N–H and O–H groups in total. The molecule has 0 unspecified atom stereocenters. The summed E-state index contributed by atoms with van der Waals surface area (Å²) in [5, 5.41) is 1.06. The van der Waals surface area contributed by atoms with Crippen LogP contribution in [0.5, 0.6) is 5.75 Å². The van der Waals surface area contributed by atoms with E-state index in [1.54, 1.807) is 0 Å². The van der Waals surface area contributed by atoms with Crippen molar-refractivity contribution < 1.29 is 9.53 Å². The van der Waals surface area contributed by atoms with Gasteiger partial charge in [0, 0.05) is 39.4 Å². The highest BCUT2D eigenvalue weighted by Crippen LogP contribution is 2.45. The number of likely N-dealkylation sites (tertiary alicyclic amines) is 1. The van der Waals surface area contributed by atoms with Crippen molar-refractivity contribution in [3.63, 3.8) is 0 Å². The lowest BCUT2D eigenvalue weighted by molar-refractivity contribution is 0.0642. The van der Waals surface area contributed by atoms with E-state index >= 15 is 0 Å². The van der Waals surface area contributed by atoms with Crippen LogP contribution in [0.25, 0.3) is 10.9 Å². The molecular formula is C21H19BrN2O2. The number of piperidine rings is 1. The fourth-order valence-electron chi connectivity index (χ4n) is 4.26. The molecule has 2 aliphatic heterocycles. The first kappa shape index (κ1) is 15.9. The van der Waals surface area contributed by atoms with Gasteiger partial charge in [-0.3, -0.25) is 4.79 Å². The Morgan fingerprint density at radius 1 is 1.12 bits per heavy atom. The standard InChI is InChI=1S/C21H19BrN2O2/c22-15-6-5-14-11-18(23-17(14)12-15)20(25)24-9-7-21(8-10-24)13-26-19-4-2-1-3-16(19)21/h1-6,11-12,23H,7-10,13H2. The van der Waals surface area contributed by atoms with Crippen LogP contribution in [0.4, 0.5) is 0 Å². The second kappa shape index (κ2) is 5.88. The fraction of sp³-hybridized carbons (Fsp3) is 0.286. The third-order valence-electron chi connectivity index (χ3n) is 5.79. The Kier molecular flexibility index (Phi) is 3.60. The van der Waals surface area contributed by atoms with Gasteiger partial charge in [-0.25, -0.2) is 0 Å². The van der Waals surface area contributed by atoms with E-state index in [1.807, 2.05) is 41.3 Å². The van der Waals surface area contributed by atoms with Gasteiger partial charge in [-0.05, 0) is 37.1 Å². The van der Waals surface area contributed by atoms with Crippen LogP contribution in [0.2, 0.25) is 0 Å². The van der Waals surface area contributed by atoms with E-state index in [4.69, 9.17) is 4.74 Å². The van der Waals surface area contributed by atoms with E-state index in [2.05, 4.69) is 33.0 Å². The lowest BCUT2D eigenvalue weighted by Gasteiger charge is -2.38. The first-order valence-corrected chi connectivity index (χ1v) is 9.74. The van der Waals surface area contributed by atoms with E-state index in [-0.39, 0.29) is 11.3 Å². The molecule has 1 amide bonds. The molecule has 1 aromatic heterocycles. The van der Waals surface area contributed by atoms with Crippen molar-refractivity contribution in [3.05, 3.63) is 64.3 Å². The van der Waals surface area contributed by atoms with E-state index < -0.39 is 0 Å². The fourth-order valence-corrected chi connectivity index (χ4v) is 4.62. The minimum absolute atomic E-state index is 0.0681. The molecule has 4 nitrogen and oxygen atoms in total. The number of ether oxygens (including phenoxy) is 1. The number of carbonyl (C=O) groups excluding carboxylic acids is 1. The number of halogens is 1. The summed E-state index contributed by atoms with van der Waals surface area (Å²) in [5.41, 5.74) is 3.02. The van der Waals surface area contributed by atoms with Crippen LogP contribution in [0.3, 0.4) is 0 Å². The number of hydrogen-bond acceptors (Lipinski definition) is 2. The average Bonchev–Trinajstić information content (AvgIpc) is 3.24. The number of hydrogen-bond donors (Lipinski definition) is 1. The quantitative estimate of drug-likeness (QED) is 0.641. The number of H-pyrrole nitrogens is 1. The van der Waals surface area contributed by atoms with Gasteiger partial charge in [0.25, 0.3) is 5.91 Å². The first-order valence-electron chi connectivity index (χ1n) is 8.95. The molecule has 0 saturated carbocycles. The summed E-state index contributed by atoms with van der Waals surface area (Å²) in [5.74, 6) is 1.09. The van der Waals surface area contributed by atoms with E-state index in [0.29, 0.717) is 5.69 Å². The molecule has 26 heavy (non-hydrogen) atoms. The smallest absolute Gasteiger partial charge is 0.270 e. The molecule has 0 radical (unpaired) electrons. The summed E-state index contributed by atoms with van der Waals surface area (Å²) in [6.45, 7) is 2.25. The molecular weight excluding hydrogens is 392 g/mol. The highest BCUT2D eigenvalue weighted by Gasteiger charge is 2.43. The van der Waals surface area contributed by atoms with Crippen LogP contribution in [0, 0.1) is 0 Å². The zero-order valence-electron chi connectivity index (χ0n) is 14.3. The van der Waals surface area contributed by atoms with Gasteiger partial charge in [-0.15, -0.1) is 0 Å². The van der Waals surface area contributed by atoms with Crippen molar-refractivity contribution in [2.75, 3.05) is 19.7 Å². The largest absolute Gasteiger partial charge is 0.492 e. The zero-order chi connectivity index (χ0) is 17.7. The Morgan fingerprint density at radius 2 is 1.92 bits per heavy atom. The normalized spacial score (nSPS) is 18.1. The van der Waals surface area contributed by atoms with Crippen LogP contribution in [0.15, 0.2) is 53.0 Å². The summed E-state index contributed by atoms with van der Waals surface area (Å²) in [4.78, 5) is 18.2. The van der Waals surface area contributed by atoms with Gasteiger partial charge in [-0.2, -0.15) is 0 Å². The molecule has 0 aliphatic carbocycles. The SMILES string of the molecule is O=C(c1cc2ccc(Br)cc2[nH]1)N1CCC2(CC1)COc1ccccc12. The number of para-hydroxylation sites is 1. The van der Waals surface area contributed by atoms with Gasteiger partial charge in [0.1, 0.15) is 11.4 Å². The summed E-state index contributed by atoms with van der Waals surface area (Å²) in [6, 6.07) is 16.3. The second-order valence-electron chi connectivity index (χ2n) is 7.27. The van der Waals surface area contributed by atoms with Gasteiger partial charge < -0.3 is 14.6 Å². The molecule has 2 aliphatic rings. The number of rotatable bonds is 1. The predicted octanol–water partition coefficient (Wildman–Crippen LogP) is 4.50. The molecule has 0 atom stereocenters. The molecule has 5 rings (SSSR count). The molecule has 1 saturated heterocycles. The maximum atomic E-state index is 13.0. The molecule has 132 valence electrons. The number of benzene rings is 2. The van der Waals surface area contributed by atoms with Crippen molar-refractivity contribution in [2.45, 2.75) is 18.3 Å². The Labute approximate surface area is 160 Å². The number of carbonyl (C=O) groups is 1. The Hall–Kier alpha value is -2.27. The maximum Gasteiger partial charge on any atom is 0.270 e. The number of fused-ring (bicyclic) bond motifs is 3. The lowest BCUT2D eigenvalue weighted by atomic mass is 9.74. The second-order valence-corrected chi connectivity index (χ2v) is 8.19. The Morgan fingerprint density at radius 3 is 2.77 bits per heavy atom. The molecule has 0 bridgehead atoms. The van der Waals surface area contributed by atoms with Gasteiger partial charge in [0.2, 0.25) is 0 Å². The molecule has 2 aromatic carbocycles. The molecule has 1 spiro atoms. The number of amides is 1. The molecule has 3 heterocycles. The van der Waals surface area contributed by atoms with Crippen LogP contribution in [0.1, 0.15) is 28.9 Å². The third-order valence-corrected chi connectivity index (χ3v) is 6.28. The zero-order valence-corrected chi connectivity index (χ0v) is 15.9. The summed E-state index contributed by atoms with van der Waals surface area (Å²) in [7, 11) is 0. The summed E-state index contributed by atoms with van der Waals surface area (Å²) in [6.07, 6.45) is 1.89. The van der Waals surface area contributed by atoms with Gasteiger partial charge >= 0.3 is 0 Å². The van der Waals surface area contributed by atoms with Crippen LogP contribution >= 0.6 is 15.9 Å². The molecule has 5 heteroatoms. The van der Waals surface area contributed by atoms with Gasteiger partial charge in [0.15, 0.2) is 0 Å². The Balaban J connectivity index is 1.36. The Bertz CT molecular complexity index is 1000. The minimum atomic E-state index is 0.0681. The molecule has 1 fully saturated rings. The lowest BCUT2D eigenvalue weighted by Crippen LogP contribution is -2.46. The van der Waals surface area contributed by atoms with Gasteiger partial charge in [0.05, 0.1) is 6.61 Å². The van der Waals surface area contributed by atoms with Crippen LogP contribution in [-0.2, 0) is 5.41 Å². The minimum Gasteiger partial charge on any atom is -0.492 e. The van der Waals surface area contributed by atoms with Crippen LogP contribution < -0.4 is 4.74 Å². The average molecular weight is 411 g/mol. The number of nitrogens with one attached hydrogen (secondary N) is 1. The van der Waals surface area contributed by atoms with Crippen LogP contribution in [-0.4, -0.2) is 35.5 Å². The summed E-state index contributed by atoms with van der Waals surface area (Å²) >= 11 is 3.48. The number of aromatic nitrogens is 1. The monoisotopic (exact) mass is 410 g/mol. The van der Waals surface area contributed by atoms with Crippen molar-refractivity contribution in [2.24, 2.45) is 0 Å². The van der Waals surface area contributed by atoms with E-state index in [0.717, 1.165) is 53.7 Å². The highest BCUT2D eigenvalue weighted by molar-refractivity contribution is 9.10. The number of nitrogens with zero attached hydrogens (tertiary/aromatic N) is 1. The summed E-state index contributed by atoms with van der Waals surface area (Å²) < 4.78 is 6.91. The molecule has 3 aromatic rings. The predicted molar refractivity (Wildman–Crippen MR) is 105 cm³/mol. The topological polar surface area (TPSA) is 45.3 Å². The van der Waals surface area contributed by atoms with Crippen molar-refractivity contribution in [1.82, 2.24) is 9.88 Å². The van der Waals surface area contributed by atoms with Gasteiger partial charge in [-0.1, -0.05) is 40.2 Å². The van der Waals surface area contributed by atoms with Crippen molar-refractivity contribution in [1.29, 1.82) is 0 Å². The van der Waals surface area contributed by atoms with E-state index in [9.17, 15) is 4.79 Å². The number of aromatic amines is 1. The van der Waals surface area contributed by atoms with Crippen molar-refractivity contribution >= 4 is 32.7 Å².